The molecule has 1 aliphatic rings. The molecule has 1 fully saturated rings. The number of ether oxygens (including phenoxy) is 1. The summed E-state index contributed by atoms with van der Waals surface area (Å²) in [7, 11) is 1.36. The Balaban J connectivity index is 2.38. The molecular weight excluding hydrogens is 256 g/mol. The van der Waals surface area contributed by atoms with Gasteiger partial charge in [0.25, 0.3) is 0 Å². The summed E-state index contributed by atoms with van der Waals surface area (Å²) in [6.07, 6.45) is 4.50. The quantitative estimate of drug-likeness (QED) is 0.695. The molecule has 2 atom stereocenters. The van der Waals surface area contributed by atoms with Crippen molar-refractivity contribution >= 4 is 11.9 Å². The maximum atomic E-state index is 12.0. The predicted octanol–water partition coefficient (Wildman–Crippen LogP) is 1.47. The van der Waals surface area contributed by atoms with Gasteiger partial charge in [-0.2, -0.15) is 0 Å². The molecule has 1 aliphatic heterocycles. The summed E-state index contributed by atoms with van der Waals surface area (Å²) < 4.78 is 4.77. The van der Waals surface area contributed by atoms with Crippen molar-refractivity contribution < 1.29 is 14.3 Å². The van der Waals surface area contributed by atoms with E-state index in [1.165, 1.54) is 7.11 Å². The highest BCUT2D eigenvalue weighted by Crippen LogP contribution is 2.18. The largest absolute Gasteiger partial charge is 0.467 e. The number of carbonyl (C=O) groups excluding carboxylic acids is 2. The van der Waals surface area contributed by atoms with E-state index in [2.05, 4.69) is 10.6 Å². The van der Waals surface area contributed by atoms with Crippen LogP contribution in [0.4, 0.5) is 0 Å². The van der Waals surface area contributed by atoms with Gasteiger partial charge in [-0.15, -0.1) is 0 Å². The zero-order valence-electron chi connectivity index (χ0n) is 12.9. The van der Waals surface area contributed by atoms with Crippen LogP contribution >= 0.6 is 0 Å². The van der Waals surface area contributed by atoms with Crippen molar-refractivity contribution in [3.63, 3.8) is 0 Å². The first-order chi connectivity index (χ1) is 9.58. The molecule has 1 rings (SSSR count). The van der Waals surface area contributed by atoms with Gasteiger partial charge in [0.2, 0.25) is 5.91 Å². The van der Waals surface area contributed by atoms with Crippen LogP contribution in [0.1, 0.15) is 46.0 Å². The Hall–Kier alpha value is -1.10. The normalized spacial score (nSPS) is 19.1. The van der Waals surface area contributed by atoms with Gasteiger partial charge in [0.05, 0.1) is 7.11 Å². The zero-order valence-corrected chi connectivity index (χ0v) is 12.9. The average molecular weight is 284 g/mol. The first-order valence-corrected chi connectivity index (χ1v) is 7.66. The maximum Gasteiger partial charge on any atom is 0.328 e. The van der Waals surface area contributed by atoms with Crippen LogP contribution in [0.3, 0.4) is 0 Å². The fourth-order valence-corrected chi connectivity index (χ4v) is 2.55. The third-order valence-electron chi connectivity index (χ3n) is 4.22. The van der Waals surface area contributed by atoms with Gasteiger partial charge >= 0.3 is 5.97 Å². The van der Waals surface area contributed by atoms with E-state index in [0.717, 1.165) is 38.8 Å². The highest BCUT2D eigenvalue weighted by atomic mass is 16.5. The van der Waals surface area contributed by atoms with Gasteiger partial charge in [-0.25, -0.2) is 4.79 Å². The van der Waals surface area contributed by atoms with E-state index < -0.39 is 6.04 Å². The number of amides is 1. The Kier molecular flexibility index (Phi) is 7.59. The topological polar surface area (TPSA) is 67.4 Å². The Morgan fingerprint density at radius 2 is 2.00 bits per heavy atom. The third-order valence-corrected chi connectivity index (χ3v) is 4.22. The summed E-state index contributed by atoms with van der Waals surface area (Å²) in [6.45, 7) is 6.05. The minimum atomic E-state index is -0.523. The number of hydrogen-bond donors (Lipinski definition) is 2. The van der Waals surface area contributed by atoms with Crippen molar-refractivity contribution in [2.24, 2.45) is 11.8 Å². The summed E-state index contributed by atoms with van der Waals surface area (Å²) in [6, 6.07) is -0.523. The molecule has 1 heterocycles. The molecule has 2 N–H and O–H groups in total. The smallest absolute Gasteiger partial charge is 0.328 e. The molecule has 1 saturated heterocycles. The highest BCUT2D eigenvalue weighted by Gasteiger charge is 2.26. The maximum absolute atomic E-state index is 12.0. The van der Waals surface area contributed by atoms with E-state index in [4.69, 9.17) is 4.74 Å². The molecule has 0 radical (unpaired) electrons. The van der Waals surface area contributed by atoms with Gasteiger partial charge in [-0.05, 0) is 44.2 Å². The van der Waals surface area contributed by atoms with Crippen molar-refractivity contribution in [1.29, 1.82) is 0 Å². The van der Waals surface area contributed by atoms with E-state index >= 15 is 0 Å². The van der Waals surface area contributed by atoms with Crippen LogP contribution in [0.5, 0.6) is 0 Å². The van der Waals surface area contributed by atoms with Crippen molar-refractivity contribution in [2.45, 2.75) is 52.0 Å². The standard InChI is InChI=1S/C15H28N2O3/c1-4-11(2)14(15(19)20-3)17-13(18)6-5-12-7-9-16-10-8-12/h11-12,14,16H,4-10H2,1-3H3,(H,17,18)/t11-,14-/m0/s1. The summed E-state index contributed by atoms with van der Waals surface area (Å²) in [5.41, 5.74) is 0. The number of esters is 1. The average Bonchev–Trinajstić information content (AvgIpc) is 2.50. The molecule has 0 aromatic carbocycles. The number of piperidine rings is 1. The monoisotopic (exact) mass is 284 g/mol. The highest BCUT2D eigenvalue weighted by molar-refractivity contribution is 5.84. The van der Waals surface area contributed by atoms with E-state index in [9.17, 15) is 9.59 Å². The third kappa shape index (κ3) is 5.49. The Morgan fingerprint density at radius 1 is 1.35 bits per heavy atom. The summed E-state index contributed by atoms with van der Waals surface area (Å²) in [4.78, 5) is 23.7. The van der Waals surface area contributed by atoms with Crippen LogP contribution in [-0.2, 0) is 14.3 Å². The molecule has 20 heavy (non-hydrogen) atoms. The van der Waals surface area contributed by atoms with Crippen LogP contribution in [0.25, 0.3) is 0 Å². The molecule has 0 aliphatic carbocycles. The van der Waals surface area contributed by atoms with Crippen LogP contribution in [-0.4, -0.2) is 38.1 Å². The summed E-state index contributed by atoms with van der Waals surface area (Å²) >= 11 is 0. The second kappa shape index (κ2) is 8.95. The van der Waals surface area contributed by atoms with Gasteiger partial charge in [-0.3, -0.25) is 4.79 Å². The number of nitrogens with one attached hydrogen (secondary N) is 2. The number of carbonyl (C=O) groups is 2. The lowest BCUT2D eigenvalue weighted by Crippen LogP contribution is -2.45. The minimum Gasteiger partial charge on any atom is -0.467 e. The van der Waals surface area contributed by atoms with E-state index in [0.29, 0.717) is 12.3 Å². The molecule has 0 aromatic rings. The van der Waals surface area contributed by atoms with Crippen molar-refractivity contribution in [3.05, 3.63) is 0 Å². The van der Waals surface area contributed by atoms with Gasteiger partial charge < -0.3 is 15.4 Å². The minimum absolute atomic E-state index is 0.0424. The van der Waals surface area contributed by atoms with Crippen LogP contribution in [0.2, 0.25) is 0 Å². The Bertz CT molecular complexity index is 314. The summed E-state index contributed by atoms with van der Waals surface area (Å²) in [5, 5.41) is 6.15. The lowest BCUT2D eigenvalue weighted by molar-refractivity contribution is -0.146. The van der Waals surface area contributed by atoms with Crippen molar-refractivity contribution in [3.8, 4) is 0 Å². The second-order valence-corrected chi connectivity index (χ2v) is 5.69. The molecule has 0 unspecified atom stereocenters. The Morgan fingerprint density at radius 3 is 2.55 bits per heavy atom. The van der Waals surface area contributed by atoms with Crippen LogP contribution < -0.4 is 10.6 Å². The number of hydrogen-bond acceptors (Lipinski definition) is 4. The summed E-state index contributed by atoms with van der Waals surface area (Å²) in [5.74, 6) is 0.321. The molecule has 0 aromatic heterocycles. The zero-order chi connectivity index (χ0) is 15.0. The molecule has 0 bridgehead atoms. The van der Waals surface area contributed by atoms with E-state index in [1.807, 2.05) is 13.8 Å². The predicted molar refractivity (Wildman–Crippen MR) is 78.2 cm³/mol. The first kappa shape index (κ1) is 17.0. The Labute approximate surface area is 121 Å². The lowest BCUT2D eigenvalue weighted by atomic mass is 9.93. The van der Waals surface area contributed by atoms with Gasteiger partial charge in [0.1, 0.15) is 6.04 Å². The molecule has 0 spiro atoms. The van der Waals surface area contributed by atoms with Gasteiger partial charge in [0, 0.05) is 6.42 Å². The van der Waals surface area contributed by atoms with E-state index in [-0.39, 0.29) is 17.8 Å². The molecule has 0 saturated carbocycles. The first-order valence-electron chi connectivity index (χ1n) is 7.66. The molecule has 1 amide bonds. The van der Waals surface area contributed by atoms with Crippen molar-refractivity contribution in [1.82, 2.24) is 10.6 Å². The molecule has 5 nitrogen and oxygen atoms in total. The van der Waals surface area contributed by atoms with Gasteiger partial charge in [-0.1, -0.05) is 20.3 Å². The number of methoxy groups -OCH3 is 1. The fraction of sp³-hybridized carbons (Fsp3) is 0.867. The van der Waals surface area contributed by atoms with E-state index in [1.54, 1.807) is 0 Å². The van der Waals surface area contributed by atoms with Gasteiger partial charge in [0.15, 0.2) is 0 Å². The molecule has 116 valence electrons. The lowest BCUT2D eigenvalue weighted by Gasteiger charge is -2.24. The molecule has 5 heteroatoms. The van der Waals surface area contributed by atoms with Crippen LogP contribution in [0.15, 0.2) is 0 Å². The SMILES string of the molecule is CC[C@H](C)[C@H](NC(=O)CCC1CCNCC1)C(=O)OC. The molecular formula is C15H28N2O3. The second-order valence-electron chi connectivity index (χ2n) is 5.69. The fourth-order valence-electron chi connectivity index (χ4n) is 2.55. The number of rotatable bonds is 7. The van der Waals surface area contributed by atoms with Crippen LogP contribution in [0, 0.1) is 11.8 Å². The van der Waals surface area contributed by atoms with Crippen molar-refractivity contribution in [2.75, 3.05) is 20.2 Å².